The summed E-state index contributed by atoms with van der Waals surface area (Å²) in [6.07, 6.45) is 1.45. The van der Waals surface area contributed by atoms with Gasteiger partial charge in [0.05, 0.1) is 16.7 Å². The maximum atomic E-state index is 12.6. The van der Waals surface area contributed by atoms with E-state index in [9.17, 15) is 9.59 Å². The minimum Gasteiger partial charge on any atom is -0.297 e. The molecule has 0 bridgehead atoms. The largest absolute Gasteiger partial charge is 0.297 e. The van der Waals surface area contributed by atoms with E-state index in [0.717, 1.165) is 17.0 Å². The number of rotatable bonds is 4. The number of hydrogen-bond acceptors (Lipinski definition) is 6. The topological polar surface area (TPSA) is 120 Å². The molecule has 2 aromatic heterocycles. The minimum atomic E-state index is -0.447. The van der Waals surface area contributed by atoms with E-state index in [4.69, 9.17) is 0 Å². The van der Waals surface area contributed by atoms with Gasteiger partial charge in [0.2, 0.25) is 0 Å². The van der Waals surface area contributed by atoms with Gasteiger partial charge in [0.1, 0.15) is 12.2 Å². The molecule has 10 heteroatoms. The third kappa shape index (κ3) is 3.92. The van der Waals surface area contributed by atoms with E-state index >= 15 is 0 Å². The quantitative estimate of drug-likeness (QED) is 0.416. The smallest absolute Gasteiger partial charge is 0.269 e. The predicted octanol–water partition coefficient (Wildman–Crippen LogP) is 2.38. The SMILES string of the molecule is Cc1nc2cc(C(=O)NNC(=O)c3ccc(-n4cnnn4)cc3)ccc2n1-c1ccccc1. The average molecular weight is 438 g/mol. The van der Waals surface area contributed by atoms with Crippen molar-refractivity contribution in [1.29, 1.82) is 0 Å². The van der Waals surface area contributed by atoms with Gasteiger partial charge in [-0.15, -0.1) is 5.10 Å². The summed E-state index contributed by atoms with van der Waals surface area (Å²) >= 11 is 0. The highest BCUT2D eigenvalue weighted by atomic mass is 16.2. The van der Waals surface area contributed by atoms with Crippen LogP contribution < -0.4 is 10.9 Å². The standard InChI is InChI=1S/C23H18N8O2/c1-15-25-20-13-17(9-12-21(20)31(15)19-5-3-2-4-6-19)23(33)27-26-22(32)16-7-10-18(11-8-16)30-14-24-28-29-30/h2-14H,1H3,(H,26,32)(H,27,33). The highest BCUT2D eigenvalue weighted by Gasteiger charge is 2.14. The Morgan fingerprint density at radius 2 is 1.52 bits per heavy atom. The monoisotopic (exact) mass is 438 g/mol. The second-order valence-corrected chi connectivity index (χ2v) is 7.24. The van der Waals surface area contributed by atoms with E-state index in [1.807, 2.05) is 47.9 Å². The van der Waals surface area contributed by atoms with Crippen LogP contribution in [0.5, 0.6) is 0 Å². The van der Waals surface area contributed by atoms with Crippen molar-refractivity contribution in [2.24, 2.45) is 0 Å². The molecule has 5 aromatic rings. The normalized spacial score (nSPS) is 10.8. The van der Waals surface area contributed by atoms with Gasteiger partial charge in [0.15, 0.2) is 0 Å². The van der Waals surface area contributed by atoms with E-state index < -0.39 is 11.8 Å². The zero-order valence-electron chi connectivity index (χ0n) is 17.5. The van der Waals surface area contributed by atoms with E-state index in [1.165, 1.54) is 11.0 Å². The van der Waals surface area contributed by atoms with E-state index in [2.05, 4.69) is 31.4 Å². The highest BCUT2D eigenvalue weighted by Crippen LogP contribution is 2.22. The number of hydrogen-bond donors (Lipinski definition) is 2. The molecule has 10 nitrogen and oxygen atoms in total. The van der Waals surface area contributed by atoms with Gasteiger partial charge in [-0.2, -0.15) is 0 Å². The first-order valence-electron chi connectivity index (χ1n) is 10.1. The van der Waals surface area contributed by atoms with Crippen molar-refractivity contribution in [2.75, 3.05) is 0 Å². The second-order valence-electron chi connectivity index (χ2n) is 7.24. The molecule has 0 unspecified atom stereocenters. The van der Waals surface area contributed by atoms with Crippen LogP contribution in [0.4, 0.5) is 0 Å². The summed E-state index contributed by atoms with van der Waals surface area (Å²) in [6, 6.07) is 21.8. The number of hydrazine groups is 1. The zero-order chi connectivity index (χ0) is 22.8. The number of nitrogens with one attached hydrogen (secondary N) is 2. The molecule has 33 heavy (non-hydrogen) atoms. The van der Waals surface area contributed by atoms with E-state index in [1.54, 1.807) is 36.4 Å². The fourth-order valence-electron chi connectivity index (χ4n) is 3.55. The summed E-state index contributed by atoms with van der Waals surface area (Å²) in [7, 11) is 0. The Morgan fingerprint density at radius 3 is 2.21 bits per heavy atom. The van der Waals surface area contributed by atoms with Crippen LogP contribution in [0.3, 0.4) is 0 Å². The van der Waals surface area contributed by atoms with E-state index in [-0.39, 0.29) is 0 Å². The van der Waals surface area contributed by atoms with Gasteiger partial charge in [-0.3, -0.25) is 25.0 Å². The fourth-order valence-corrected chi connectivity index (χ4v) is 3.55. The molecule has 0 spiro atoms. The molecule has 162 valence electrons. The summed E-state index contributed by atoms with van der Waals surface area (Å²) in [4.78, 5) is 29.6. The third-order valence-electron chi connectivity index (χ3n) is 5.13. The van der Waals surface area contributed by atoms with Crippen LogP contribution in [0, 0.1) is 6.92 Å². The molecule has 2 heterocycles. The van der Waals surface area contributed by atoms with Gasteiger partial charge in [-0.25, -0.2) is 9.67 Å². The van der Waals surface area contributed by atoms with Crippen LogP contribution >= 0.6 is 0 Å². The Balaban J connectivity index is 1.29. The summed E-state index contributed by atoms with van der Waals surface area (Å²) in [5.41, 5.74) is 8.92. The van der Waals surface area contributed by atoms with Crippen LogP contribution in [0.1, 0.15) is 26.5 Å². The lowest BCUT2D eigenvalue weighted by molar-refractivity contribution is 0.0847. The molecule has 0 fully saturated rings. The molecule has 0 saturated carbocycles. The van der Waals surface area contributed by atoms with Crippen molar-refractivity contribution in [2.45, 2.75) is 6.92 Å². The Labute approximate surface area is 187 Å². The van der Waals surface area contributed by atoms with Crippen LogP contribution in [0.25, 0.3) is 22.4 Å². The van der Waals surface area contributed by atoms with Gasteiger partial charge < -0.3 is 0 Å². The number of carbonyl (C=O) groups is 2. The molecule has 3 aromatic carbocycles. The molecule has 0 aliphatic carbocycles. The van der Waals surface area contributed by atoms with Gasteiger partial charge in [0, 0.05) is 16.8 Å². The lowest BCUT2D eigenvalue weighted by atomic mass is 10.2. The van der Waals surface area contributed by atoms with Gasteiger partial charge >= 0.3 is 0 Å². The molecule has 5 rings (SSSR count). The molecular formula is C23H18N8O2. The number of nitrogens with zero attached hydrogens (tertiary/aromatic N) is 6. The first-order valence-corrected chi connectivity index (χ1v) is 10.1. The van der Waals surface area contributed by atoms with Crippen molar-refractivity contribution in [1.82, 2.24) is 40.6 Å². The Hall–Kier alpha value is -4.86. The van der Waals surface area contributed by atoms with Crippen molar-refractivity contribution < 1.29 is 9.59 Å². The molecule has 0 aliphatic heterocycles. The first-order chi connectivity index (χ1) is 16.1. The molecule has 0 radical (unpaired) electrons. The number of fused-ring (bicyclic) bond motifs is 1. The summed E-state index contributed by atoms with van der Waals surface area (Å²) in [6.45, 7) is 1.91. The molecule has 0 aliphatic rings. The molecule has 2 amide bonds. The van der Waals surface area contributed by atoms with Crippen molar-refractivity contribution in [3.8, 4) is 11.4 Å². The number of aryl methyl sites for hydroxylation is 1. The van der Waals surface area contributed by atoms with Gasteiger partial charge in [-0.05, 0) is 71.9 Å². The molecular weight excluding hydrogens is 420 g/mol. The number of para-hydroxylation sites is 1. The minimum absolute atomic E-state index is 0.375. The third-order valence-corrected chi connectivity index (χ3v) is 5.13. The van der Waals surface area contributed by atoms with Crippen LogP contribution in [-0.2, 0) is 0 Å². The van der Waals surface area contributed by atoms with Crippen LogP contribution in [0.15, 0.2) is 79.1 Å². The molecule has 0 saturated heterocycles. The van der Waals surface area contributed by atoms with E-state index in [0.29, 0.717) is 22.3 Å². The van der Waals surface area contributed by atoms with Crippen LogP contribution in [0.2, 0.25) is 0 Å². The molecule has 0 atom stereocenters. The van der Waals surface area contributed by atoms with Crippen molar-refractivity contribution >= 4 is 22.8 Å². The summed E-state index contributed by atoms with van der Waals surface area (Å²) in [5.74, 6) is -0.0773. The van der Waals surface area contributed by atoms with Gasteiger partial charge in [0.25, 0.3) is 11.8 Å². The lowest BCUT2D eigenvalue weighted by Crippen LogP contribution is -2.41. The number of amides is 2. The Kier molecular flexibility index (Phi) is 5.07. The van der Waals surface area contributed by atoms with Gasteiger partial charge in [-0.1, -0.05) is 18.2 Å². The van der Waals surface area contributed by atoms with Crippen molar-refractivity contribution in [3.63, 3.8) is 0 Å². The number of carbonyl (C=O) groups excluding carboxylic acids is 2. The number of imidazole rings is 1. The van der Waals surface area contributed by atoms with Crippen LogP contribution in [-0.4, -0.2) is 41.6 Å². The lowest BCUT2D eigenvalue weighted by Gasteiger charge is -2.09. The van der Waals surface area contributed by atoms with Crippen molar-refractivity contribution in [3.05, 3.63) is 96.1 Å². The highest BCUT2D eigenvalue weighted by molar-refractivity contribution is 6.00. The second kappa shape index (κ2) is 8.35. The number of benzene rings is 3. The summed E-state index contributed by atoms with van der Waals surface area (Å²) in [5, 5.41) is 10.9. The number of aromatic nitrogens is 6. The molecule has 2 N–H and O–H groups in total. The summed E-state index contributed by atoms with van der Waals surface area (Å²) < 4.78 is 3.50. The average Bonchev–Trinajstić information content (AvgIpc) is 3.50. The fraction of sp³-hybridized carbons (Fsp3) is 0.0435. The first kappa shape index (κ1) is 20.1. The Bertz CT molecular complexity index is 1440. The maximum absolute atomic E-state index is 12.6. The Morgan fingerprint density at radius 1 is 0.818 bits per heavy atom. The zero-order valence-corrected chi connectivity index (χ0v) is 17.5. The number of tetrazole rings is 1. The maximum Gasteiger partial charge on any atom is 0.269 e. The predicted molar refractivity (Wildman–Crippen MR) is 120 cm³/mol.